The van der Waals surface area contributed by atoms with Crippen LogP contribution in [0.25, 0.3) is 0 Å². The van der Waals surface area contributed by atoms with Crippen molar-refractivity contribution in [3.05, 3.63) is 0 Å². The van der Waals surface area contributed by atoms with Gasteiger partial charge in [0.25, 0.3) is 0 Å². The molecule has 0 aromatic carbocycles. The summed E-state index contributed by atoms with van der Waals surface area (Å²) < 4.78 is 0. The van der Waals surface area contributed by atoms with Crippen molar-refractivity contribution in [2.24, 2.45) is 5.73 Å². The molecule has 0 bridgehead atoms. The van der Waals surface area contributed by atoms with Crippen molar-refractivity contribution in [1.82, 2.24) is 5.32 Å². The lowest BCUT2D eigenvalue weighted by atomic mass is 9.97. The Morgan fingerprint density at radius 3 is 2.23 bits per heavy atom. The van der Waals surface area contributed by atoms with Crippen LogP contribution in [-0.2, 0) is 4.79 Å². The first-order valence-electron chi connectivity index (χ1n) is 4.47. The lowest BCUT2D eigenvalue weighted by Crippen LogP contribution is -2.58. The van der Waals surface area contributed by atoms with Crippen LogP contribution < -0.4 is 11.1 Å². The maximum Gasteiger partial charge on any atom is 0.240 e. The van der Waals surface area contributed by atoms with Gasteiger partial charge in [0, 0.05) is 0 Å². The monoisotopic (exact) mass is 188 g/mol. The predicted molar refractivity (Wildman–Crippen MR) is 52.2 cm³/mol. The second-order valence-electron chi connectivity index (χ2n) is 4.27. The average Bonchev–Trinajstić information content (AvgIpc) is 2.04. The Morgan fingerprint density at radius 1 is 1.46 bits per heavy atom. The van der Waals surface area contributed by atoms with Gasteiger partial charge in [0.1, 0.15) is 0 Å². The lowest BCUT2D eigenvalue weighted by molar-refractivity contribution is -0.128. The van der Waals surface area contributed by atoms with E-state index in [1.54, 1.807) is 20.8 Å². The smallest absolute Gasteiger partial charge is 0.240 e. The standard InChI is InChI=1S/C9H20N2O2/c1-5-9(4,10)7(13)11-8(2,3)6-12/h12H,5-6,10H2,1-4H3,(H,11,13). The van der Waals surface area contributed by atoms with Crippen molar-refractivity contribution in [3.63, 3.8) is 0 Å². The quantitative estimate of drug-likeness (QED) is 0.581. The molecule has 4 N–H and O–H groups in total. The molecule has 78 valence electrons. The molecule has 0 aromatic heterocycles. The third kappa shape index (κ3) is 3.74. The fourth-order valence-corrected chi connectivity index (χ4v) is 0.650. The normalized spacial score (nSPS) is 16.5. The number of hydrogen-bond donors (Lipinski definition) is 3. The number of carbonyl (C=O) groups is 1. The lowest BCUT2D eigenvalue weighted by Gasteiger charge is -2.29. The first-order chi connectivity index (χ1) is 5.75. The minimum atomic E-state index is -0.855. The number of aliphatic hydroxyl groups is 1. The van der Waals surface area contributed by atoms with Gasteiger partial charge < -0.3 is 16.2 Å². The average molecular weight is 188 g/mol. The molecule has 0 spiro atoms. The van der Waals surface area contributed by atoms with Gasteiger partial charge in [-0.1, -0.05) is 6.92 Å². The van der Waals surface area contributed by atoms with E-state index in [-0.39, 0.29) is 12.5 Å². The van der Waals surface area contributed by atoms with E-state index < -0.39 is 11.1 Å². The maximum absolute atomic E-state index is 11.5. The second kappa shape index (κ2) is 4.07. The Bertz CT molecular complexity index is 188. The molecular weight excluding hydrogens is 168 g/mol. The maximum atomic E-state index is 11.5. The first-order valence-corrected chi connectivity index (χ1v) is 4.47. The van der Waals surface area contributed by atoms with Gasteiger partial charge in [0.15, 0.2) is 0 Å². The van der Waals surface area contributed by atoms with Crippen LogP contribution in [0.2, 0.25) is 0 Å². The first kappa shape index (κ1) is 12.4. The molecule has 0 aliphatic rings. The molecule has 13 heavy (non-hydrogen) atoms. The van der Waals surface area contributed by atoms with Crippen molar-refractivity contribution in [2.75, 3.05) is 6.61 Å². The van der Waals surface area contributed by atoms with E-state index in [0.717, 1.165) is 0 Å². The molecule has 0 fully saturated rings. The Hall–Kier alpha value is -0.610. The fourth-order valence-electron chi connectivity index (χ4n) is 0.650. The molecule has 0 heterocycles. The van der Waals surface area contributed by atoms with Crippen molar-refractivity contribution in [2.45, 2.75) is 45.2 Å². The molecule has 0 radical (unpaired) electrons. The fraction of sp³-hybridized carbons (Fsp3) is 0.889. The zero-order valence-electron chi connectivity index (χ0n) is 8.85. The van der Waals surface area contributed by atoms with E-state index in [4.69, 9.17) is 10.8 Å². The minimum Gasteiger partial charge on any atom is -0.394 e. The van der Waals surface area contributed by atoms with Crippen LogP contribution in [-0.4, -0.2) is 28.7 Å². The summed E-state index contributed by atoms with van der Waals surface area (Å²) in [5, 5.41) is 11.6. The summed E-state index contributed by atoms with van der Waals surface area (Å²) >= 11 is 0. The summed E-state index contributed by atoms with van der Waals surface area (Å²) in [5.41, 5.74) is 4.27. The number of aliphatic hydroxyl groups excluding tert-OH is 1. The predicted octanol–water partition coefficient (Wildman–Crippen LogP) is 0.000900. The van der Waals surface area contributed by atoms with E-state index >= 15 is 0 Å². The Morgan fingerprint density at radius 2 is 1.92 bits per heavy atom. The zero-order valence-corrected chi connectivity index (χ0v) is 8.85. The minimum absolute atomic E-state index is 0.0987. The van der Waals surface area contributed by atoms with Crippen LogP contribution in [0.5, 0.6) is 0 Å². The molecule has 1 atom stereocenters. The van der Waals surface area contributed by atoms with Crippen molar-refractivity contribution >= 4 is 5.91 Å². The third-order valence-electron chi connectivity index (χ3n) is 2.10. The Kier molecular flexibility index (Phi) is 3.88. The molecule has 0 aliphatic carbocycles. The molecule has 1 unspecified atom stereocenters. The topological polar surface area (TPSA) is 75.4 Å². The summed E-state index contributed by atoms with van der Waals surface area (Å²) in [4.78, 5) is 11.5. The Balaban J connectivity index is 4.31. The molecule has 4 nitrogen and oxygen atoms in total. The summed E-state index contributed by atoms with van der Waals surface area (Å²) in [7, 11) is 0. The number of nitrogens with two attached hydrogens (primary N) is 1. The highest BCUT2D eigenvalue weighted by atomic mass is 16.3. The summed E-state index contributed by atoms with van der Waals surface area (Å²) in [6, 6.07) is 0. The number of carbonyl (C=O) groups excluding carboxylic acids is 1. The summed E-state index contributed by atoms with van der Waals surface area (Å²) in [5.74, 6) is -0.228. The largest absolute Gasteiger partial charge is 0.394 e. The van der Waals surface area contributed by atoms with E-state index in [2.05, 4.69) is 5.32 Å². The molecule has 0 saturated carbocycles. The highest BCUT2D eigenvalue weighted by molar-refractivity contribution is 5.86. The van der Waals surface area contributed by atoms with Crippen LogP contribution in [0.15, 0.2) is 0 Å². The van der Waals surface area contributed by atoms with Gasteiger partial charge in [-0.15, -0.1) is 0 Å². The van der Waals surface area contributed by atoms with E-state index in [9.17, 15) is 4.79 Å². The molecule has 0 rings (SSSR count). The molecule has 0 aromatic rings. The Labute approximate surface area is 79.5 Å². The van der Waals surface area contributed by atoms with Crippen LogP contribution in [0, 0.1) is 0 Å². The van der Waals surface area contributed by atoms with E-state index in [1.807, 2.05) is 6.92 Å². The van der Waals surface area contributed by atoms with Crippen LogP contribution in [0.4, 0.5) is 0 Å². The highest BCUT2D eigenvalue weighted by Gasteiger charge is 2.30. The summed E-state index contributed by atoms with van der Waals surface area (Å²) in [6.45, 7) is 6.92. The van der Waals surface area contributed by atoms with E-state index in [1.165, 1.54) is 0 Å². The van der Waals surface area contributed by atoms with Gasteiger partial charge in [-0.25, -0.2) is 0 Å². The third-order valence-corrected chi connectivity index (χ3v) is 2.10. The van der Waals surface area contributed by atoms with Crippen molar-refractivity contribution in [1.29, 1.82) is 0 Å². The molecular formula is C9H20N2O2. The number of hydrogen-bond acceptors (Lipinski definition) is 3. The molecule has 1 amide bonds. The van der Waals surface area contributed by atoms with Crippen LogP contribution in [0.3, 0.4) is 0 Å². The second-order valence-corrected chi connectivity index (χ2v) is 4.27. The number of nitrogens with one attached hydrogen (secondary N) is 1. The van der Waals surface area contributed by atoms with Gasteiger partial charge in [-0.2, -0.15) is 0 Å². The van der Waals surface area contributed by atoms with Gasteiger partial charge in [0.05, 0.1) is 17.7 Å². The van der Waals surface area contributed by atoms with Gasteiger partial charge in [-0.3, -0.25) is 4.79 Å². The molecule has 4 heteroatoms. The van der Waals surface area contributed by atoms with Crippen LogP contribution >= 0.6 is 0 Å². The van der Waals surface area contributed by atoms with E-state index in [0.29, 0.717) is 6.42 Å². The number of amides is 1. The van der Waals surface area contributed by atoms with Gasteiger partial charge in [-0.05, 0) is 27.2 Å². The highest BCUT2D eigenvalue weighted by Crippen LogP contribution is 2.08. The van der Waals surface area contributed by atoms with Crippen molar-refractivity contribution < 1.29 is 9.90 Å². The zero-order chi connectivity index (χ0) is 10.7. The number of rotatable bonds is 4. The van der Waals surface area contributed by atoms with Gasteiger partial charge in [0.2, 0.25) is 5.91 Å². The summed E-state index contributed by atoms with van der Waals surface area (Å²) in [6.07, 6.45) is 0.570. The molecule has 0 aliphatic heterocycles. The van der Waals surface area contributed by atoms with Gasteiger partial charge >= 0.3 is 0 Å². The SMILES string of the molecule is CCC(C)(N)C(=O)NC(C)(C)CO. The van der Waals surface area contributed by atoms with Crippen molar-refractivity contribution in [3.8, 4) is 0 Å². The van der Waals surface area contributed by atoms with Crippen LogP contribution in [0.1, 0.15) is 34.1 Å². The molecule has 0 saturated heterocycles.